The van der Waals surface area contributed by atoms with Gasteiger partial charge in [-0.2, -0.15) is 13.2 Å². The Morgan fingerprint density at radius 3 is 2.18 bits per heavy atom. The smallest absolute Gasteiger partial charge is 0.416 e. The van der Waals surface area contributed by atoms with E-state index in [2.05, 4.69) is 14.9 Å². The third-order valence-corrected chi connectivity index (χ3v) is 6.77. The molecular weight excluding hydrogens is 497 g/mol. The topological polar surface area (TPSA) is 79.5 Å². The second-order valence-corrected chi connectivity index (χ2v) is 9.31. The van der Waals surface area contributed by atoms with Gasteiger partial charge in [-0.25, -0.2) is 9.97 Å². The van der Waals surface area contributed by atoms with Crippen LogP contribution in [0.3, 0.4) is 0 Å². The lowest BCUT2D eigenvalue weighted by Crippen LogP contribution is -2.31. The highest BCUT2D eigenvalue weighted by molar-refractivity contribution is 6.21. The van der Waals surface area contributed by atoms with Crippen molar-refractivity contribution in [3.8, 4) is 11.4 Å². The Hall–Kier alpha value is -4.31. The zero-order valence-electron chi connectivity index (χ0n) is 20.0. The largest absolute Gasteiger partial charge is 0.463 e. The minimum Gasteiger partial charge on any atom is -0.463 e. The minimum atomic E-state index is -4.39. The predicted octanol–water partition coefficient (Wildman–Crippen LogP) is 5.11. The SMILES string of the molecule is O=C1c2ccccc2C(=O)N1Cc1ccc(CN2CCc3nc(-c4ccc(C(F)(F)F)cc4)ncc3C2)o1. The number of hydrogen-bond donors (Lipinski definition) is 0. The van der Waals surface area contributed by atoms with E-state index in [1.54, 1.807) is 36.5 Å². The van der Waals surface area contributed by atoms with Crippen molar-refractivity contribution in [1.29, 1.82) is 0 Å². The summed E-state index contributed by atoms with van der Waals surface area (Å²) in [4.78, 5) is 37.6. The van der Waals surface area contributed by atoms with Crippen LogP contribution >= 0.6 is 0 Å². The highest BCUT2D eigenvalue weighted by atomic mass is 19.4. The molecule has 2 aromatic carbocycles. The predicted molar refractivity (Wildman–Crippen MR) is 130 cm³/mol. The number of benzene rings is 2. The molecule has 0 bridgehead atoms. The molecule has 0 saturated heterocycles. The summed E-state index contributed by atoms with van der Waals surface area (Å²) in [6.45, 7) is 1.90. The molecule has 2 aliphatic heterocycles. The van der Waals surface area contributed by atoms with Crippen LogP contribution in [0.15, 0.2) is 71.3 Å². The Morgan fingerprint density at radius 1 is 0.868 bits per heavy atom. The van der Waals surface area contributed by atoms with Gasteiger partial charge in [0.25, 0.3) is 11.8 Å². The Labute approximate surface area is 215 Å². The maximum absolute atomic E-state index is 12.8. The van der Waals surface area contributed by atoms with Crippen molar-refractivity contribution < 1.29 is 27.2 Å². The van der Waals surface area contributed by atoms with E-state index in [0.717, 1.165) is 23.4 Å². The number of fused-ring (bicyclic) bond motifs is 2. The van der Waals surface area contributed by atoms with Gasteiger partial charge in [-0.05, 0) is 36.4 Å². The van der Waals surface area contributed by atoms with Crippen molar-refractivity contribution >= 4 is 11.8 Å². The van der Waals surface area contributed by atoms with E-state index in [4.69, 9.17) is 4.42 Å². The van der Waals surface area contributed by atoms with Crippen LogP contribution in [0, 0.1) is 0 Å². The normalized spacial score (nSPS) is 15.6. The van der Waals surface area contributed by atoms with Crippen LogP contribution in [0.5, 0.6) is 0 Å². The van der Waals surface area contributed by atoms with E-state index in [0.29, 0.717) is 60.1 Å². The third-order valence-electron chi connectivity index (χ3n) is 6.77. The van der Waals surface area contributed by atoms with Crippen LogP contribution in [0.25, 0.3) is 11.4 Å². The van der Waals surface area contributed by atoms with Gasteiger partial charge in [0.15, 0.2) is 5.82 Å². The molecule has 10 heteroatoms. The molecule has 0 fully saturated rings. The highest BCUT2D eigenvalue weighted by Crippen LogP contribution is 2.31. The first kappa shape index (κ1) is 24.1. The summed E-state index contributed by atoms with van der Waals surface area (Å²) < 4.78 is 44.5. The van der Waals surface area contributed by atoms with Crippen LogP contribution in [0.4, 0.5) is 13.2 Å². The fourth-order valence-electron chi connectivity index (χ4n) is 4.81. The molecule has 0 N–H and O–H groups in total. The molecule has 2 aliphatic rings. The third kappa shape index (κ3) is 4.47. The lowest BCUT2D eigenvalue weighted by atomic mass is 10.1. The Kier molecular flexibility index (Phi) is 5.83. The monoisotopic (exact) mass is 518 g/mol. The first-order valence-corrected chi connectivity index (χ1v) is 12.0. The number of nitrogens with zero attached hydrogens (tertiary/aromatic N) is 4. The first-order chi connectivity index (χ1) is 18.3. The van der Waals surface area contributed by atoms with Gasteiger partial charge < -0.3 is 4.42 Å². The molecule has 0 radical (unpaired) electrons. The molecule has 6 rings (SSSR count). The van der Waals surface area contributed by atoms with E-state index >= 15 is 0 Å². The zero-order chi connectivity index (χ0) is 26.4. The van der Waals surface area contributed by atoms with E-state index in [1.807, 2.05) is 6.07 Å². The number of carbonyl (C=O) groups is 2. The fraction of sp³-hybridized carbons (Fsp3) is 0.214. The number of carbonyl (C=O) groups excluding carboxylic acids is 2. The average molecular weight is 518 g/mol. The summed E-state index contributed by atoms with van der Waals surface area (Å²) in [7, 11) is 0. The average Bonchev–Trinajstić information content (AvgIpc) is 3.46. The number of hydrogen-bond acceptors (Lipinski definition) is 6. The molecule has 0 saturated carbocycles. The summed E-state index contributed by atoms with van der Waals surface area (Å²) >= 11 is 0. The molecule has 2 aromatic heterocycles. The van der Waals surface area contributed by atoms with Gasteiger partial charge in [0.2, 0.25) is 0 Å². The van der Waals surface area contributed by atoms with Crippen molar-refractivity contribution in [3.63, 3.8) is 0 Å². The van der Waals surface area contributed by atoms with Gasteiger partial charge in [-0.3, -0.25) is 19.4 Å². The van der Waals surface area contributed by atoms with Gasteiger partial charge in [-0.15, -0.1) is 0 Å². The summed E-state index contributed by atoms with van der Waals surface area (Å²) in [5.41, 5.74) is 2.45. The van der Waals surface area contributed by atoms with Gasteiger partial charge in [-0.1, -0.05) is 24.3 Å². The van der Waals surface area contributed by atoms with E-state index in [1.165, 1.54) is 17.0 Å². The molecule has 0 aliphatic carbocycles. The fourth-order valence-corrected chi connectivity index (χ4v) is 4.81. The van der Waals surface area contributed by atoms with Gasteiger partial charge in [0.05, 0.1) is 35.5 Å². The summed E-state index contributed by atoms with van der Waals surface area (Å²) in [6, 6.07) is 15.2. The molecule has 38 heavy (non-hydrogen) atoms. The Bertz CT molecular complexity index is 1510. The number of furan rings is 1. The number of alkyl halides is 3. The maximum atomic E-state index is 12.8. The van der Waals surface area contributed by atoms with E-state index in [9.17, 15) is 22.8 Å². The minimum absolute atomic E-state index is 0.0652. The first-order valence-electron chi connectivity index (χ1n) is 12.0. The molecule has 2 amide bonds. The number of imide groups is 1. The van der Waals surface area contributed by atoms with Crippen molar-refractivity contribution in [1.82, 2.24) is 19.8 Å². The lowest BCUT2D eigenvalue weighted by Gasteiger charge is -2.27. The molecule has 4 heterocycles. The molecule has 0 unspecified atom stereocenters. The summed E-state index contributed by atoms with van der Waals surface area (Å²) in [6.07, 6.45) is -2.01. The van der Waals surface area contributed by atoms with E-state index in [-0.39, 0.29) is 18.4 Å². The molecule has 4 aromatic rings. The van der Waals surface area contributed by atoms with Crippen LogP contribution in [0.1, 0.15) is 49.1 Å². The zero-order valence-corrected chi connectivity index (χ0v) is 20.0. The number of halogens is 3. The second-order valence-electron chi connectivity index (χ2n) is 9.31. The maximum Gasteiger partial charge on any atom is 0.416 e. The number of amides is 2. The molecule has 192 valence electrons. The van der Waals surface area contributed by atoms with Crippen LogP contribution in [0.2, 0.25) is 0 Å². The molecule has 0 atom stereocenters. The Morgan fingerprint density at radius 2 is 1.53 bits per heavy atom. The van der Waals surface area contributed by atoms with Gasteiger partial charge >= 0.3 is 6.18 Å². The van der Waals surface area contributed by atoms with Crippen LogP contribution < -0.4 is 0 Å². The van der Waals surface area contributed by atoms with Gasteiger partial charge in [0, 0.05) is 36.8 Å². The number of rotatable bonds is 5. The molecule has 0 spiro atoms. The van der Waals surface area contributed by atoms with Gasteiger partial charge in [0.1, 0.15) is 11.5 Å². The van der Waals surface area contributed by atoms with E-state index < -0.39 is 11.7 Å². The Balaban J connectivity index is 1.10. The highest BCUT2D eigenvalue weighted by Gasteiger charge is 2.35. The lowest BCUT2D eigenvalue weighted by molar-refractivity contribution is -0.137. The van der Waals surface area contributed by atoms with Crippen molar-refractivity contribution in [2.24, 2.45) is 0 Å². The summed E-state index contributed by atoms with van der Waals surface area (Å²) in [5, 5.41) is 0. The second kappa shape index (κ2) is 9.21. The van der Waals surface area contributed by atoms with Crippen molar-refractivity contribution in [2.45, 2.75) is 32.2 Å². The van der Waals surface area contributed by atoms with Crippen molar-refractivity contribution in [2.75, 3.05) is 6.54 Å². The van der Waals surface area contributed by atoms with Crippen LogP contribution in [-0.2, 0) is 32.2 Å². The molecule has 7 nitrogen and oxygen atoms in total. The summed E-state index contributed by atoms with van der Waals surface area (Å²) in [5.74, 6) is 0.979. The quantitative estimate of drug-likeness (QED) is 0.342. The van der Waals surface area contributed by atoms with Crippen LogP contribution in [-0.4, -0.2) is 38.1 Å². The standard InChI is InChI=1S/C28H21F3N4O3/c29-28(30,31)19-7-5-17(6-8-19)25-32-13-18-14-34(12-11-24(18)33-25)15-20-9-10-21(38-20)16-35-26(36)22-3-1-2-4-23(22)27(35)37/h1-10,13H,11-12,14-16H2. The van der Waals surface area contributed by atoms with Crippen molar-refractivity contribution in [3.05, 3.63) is 106 Å². The number of aromatic nitrogens is 2. The molecular formula is C28H21F3N4O3.